The maximum absolute atomic E-state index is 13.4. The van der Waals surface area contributed by atoms with Gasteiger partial charge in [0.1, 0.15) is 12.1 Å². The van der Waals surface area contributed by atoms with Crippen molar-refractivity contribution < 1.29 is 18.4 Å². The smallest absolute Gasteiger partial charge is 0.245 e. The zero-order valence-corrected chi connectivity index (χ0v) is 14.6. The Kier molecular flexibility index (Phi) is 5.83. The number of nitrogens with one attached hydrogen (secondary N) is 1. The standard InChI is InChI=1S/C18H24F2N4O2/c19-13-5-4-12(9-14(13)20)10-23-7-8-24-16(11-23)17(25)22-15(18(24)26)3-1-2-6-21/h4-5,9,15-16H,1-3,6-8,10-11,21H2,(H,22,25)/t15-,16+/m0/s1. The van der Waals surface area contributed by atoms with Crippen molar-refractivity contribution in [3.63, 3.8) is 0 Å². The molecule has 0 unspecified atom stereocenters. The number of unbranched alkanes of at least 4 members (excludes halogenated alkanes) is 1. The van der Waals surface area contributed by atoms with Crippen molar-refractivity contribution in [3.05, 3.63) is 35.4 Å². The molecule has 2 aliphatic heterocycles. The van der Waals surface area contributed by atoms with Crippen LogP contribution in [0.2, 0.25) is 0 Å². The average Bonchev–Trinajstić information content (AvgIpc) is 2.62. The van der Waals surface area contributed by atoms with Gasteiger partial charge in [-0.1, -0.05) is 6.07 Å². The second-order valence-corrected chi connectivity index (χ2v) is 6.88. The van der Waals surface area contributed by atoms with Gasteiger partial charge in [-0.2, -0.15) is 0 Å². The van der Waals surface area contributed by atoms with Gasteiger partial charge in [0.2, 0.25) is 11.8 Å². The predicted octanol–water partition coefficient (Wildman–Crippen LogP) is 0.605. The zero-order chi connectivity index (χ0) is 18.7. The van der Waals surface area contributed by atoms with Crippen LogP contribution in [0.3, 0.4) is 0 Å². The summed E-state index contributed by atoms with van der Waals surface area (Å²) in [7, 11) is 0. The van der Waals surface area contributed by atoms with E-state index in [2.05, 4.69) is 5.32 Å². The maximum atomic E-state index is 13.4. The lowest BCUT2D eigenvalue weighted by atomic mass is 10.00. The molecule has 0 saturated carbocycles. The fourth-order valence-electron chi connectivity index (χ4n) is 3.59. The van der Waals surface area contributed by atoms with Crippen LogP contribution in [0.15, 0.2) is 18.2 Å². The van der Waals surface area contributed by atoms with Crippen LogP contribution in [0.1, 0.15) is 24.8 Å². The van der Waals surface area contributed by atoms with E-state index in [1.54, 1.807) is 4.90 Å². The lowest BCUT2D eigenvalue weighted by molar-refractivity contribution is -0.153. The summed E-state index contributed by atoms with van der Waals surface area (Å²) >= 11 is 0. The number of benzene rings is 1. The van der Waals surface area contributed by atoms with Crippen molar-refractivity contribution in [2.75, 3.05) is 26.2 Å². The van der Waals surface area contributed by atoms with Crippen LogP contribution in [-0.4, -0.2) is 59.9 Å². The highest BCUT2D eigenvalue weighted by molar-refractivity contribution is 5.97. The van der Waals surface area contributed by atoms with Crippen LogP contribution >= 0.6 is 0 Å². The minimum absolute atomic E-state index is 0.0425. The first-order valence-corrected chi connectivity index (χ1v) is 8.97. The molecular weight excluding hydrogens is 342 g/mol. The van der Waals surface area contributed by atoms with Crippen LogP contribution < -0.4 is 11.1 Å². The van der Waals surface area contributed by atoms with E-state index in [4.69, 9.17) is 5.73 Å². The highest BCUT2D eigenvalue weighted by Gasteiger charge is 2.42. The summed E-state index contributed by atoms with van der Waals surface area (Å²) in [6.07, 6.45) is 2.22. The van der Waals surface area contributed by atoms with Crippen molar-refractivity contribution in [3.8, 4) is 0 Å². The van der Waals surface area contributed by atoms with Crippen LogP contribution in [-0.2, 0) is 16.1 Å². The summed E-state index contributed by atoms with van der Waals surface area (Å²) in [5.74, 6) is -1.96. The lowest BCUT2D eigenvalue weighted by Crippen LogP contribution is -2.69. The molecule has 2 saturated heterocycles. The van der Waals surface area contributed by atoms with Gasteiger partial charge >= 0.3 is 0 Å². The Bertz CT molecular complexity index is 685. The largest absolute Gasteiger partial charge is 0.342 e. The van der Waals surface area contributed by atoms with Crippen LogP contribution in [0.5, 0.6) is 0 Å². The van der Waals surface area contributed by atoms with Gasteiger partial charge < -0.3 is 16.0 Å². The third-order valence-electron chi connectivity index (χ3n) is 5.00. The van der Waals surface area contributed by atoms with Crippen molar-refractivity contribution in [1.29, 1.82) is 0 Å². The van der Waals surface area contributed by atoms with E-state index in [9.17, 15) is 18.4 Å². The van der Waals surface area contributed by atoms with Gasteiger partial charge in [0, 0.05) is 26.2 Å². The highest BCUT2D eigenvalue weighted by atomic mass is 19.2. The minimum Gasteiger partial charge on any atom is -0.342 e. The highest BCUT2D eigenvalue weighted by Crippen LogP contribution is 2.20. The van der Waals surface area contributed by atoms with E-state index in [0.717, 1.165) is 18.9 Å². The Morgan fingerprint density at radius 1 is 1.15 bits per heavy atom. The predicted molar refractivity (Wildman–Crippen MR) is 92.0 cm³/mol. The monoisotopic (exact) mass is 366 g/mol. The third kappa shape index (κ3) is 4.02. The zero-order valence-electron chi connectivity index (χ0n) is 14.6. The molecule has 6 nitrogen and oxygen atoms in total. The van der Waals surface area contributed by atoms with Gasteiger partial charge in [0.05, 0.1) is 0 Å². The van der Waals surface area contributed by atoms with E-state index in [0.29, 0.717) is 44.7 Å². The summed E-state index contributed by atoms with van der Waals surface area (Å²) < 4.78 is 26.4. The second-order valence-electron chi connectivity index (χ2n) is 6.88. The first kappa shape index (κ1) is 18.7. The molecule has 1 aromatic carbocycles. The van der Waals surface area contributed by atoms with Gasteiger partial charge in [-0.15, -0.1) is 0 Å². The molecule has 2 atom stereocenters. The summed E-state index contributed by atoms with van der Waals surface area (Å²) in [5.41, 5.74) is 6.11. The summed E-state index contributed by atoms with van der Waals surface area (Å²) in [6, 6.07) is 2.80. The molecule has 0 radical (unpaired) electrons. The molecular formula is C18H24F2N4O2. The van der Waals surface area contributed by atoms with Crippen LogP contribution in [0.25, 0.3) is 0 Å². The topological polar surface area (TPSA) is 78.7 Å². The molecule has 142 valence electrons. The number of fused-ring (bicyclic) bond motifs is 1. The molecule has 0 aliphatic carbocycles. The molecule has 2 fully saturated rings. The van der Waals surface area contributed by atoms with Gasteiger partial charge in [-0.25, -0.2) is 8.78 Å². The van der Waals surface area contributed by atoms with E-state index in [1.807, 2.05) is 4.90 Å². The van der Waals surface area contributed by atoms with Crippen molar-refractivity contribution in [1.82, 2.24) is 15.1 Å². The molecule has 0 spiro atoms. The summed E-state index contributed by atoms with van der Waals surface area (Å²) in [5, 5.41) is 2.82. The SMILES string of the molecule is NCCCC[C@@H]1NC(=O)[C@H]2CN(Cc3ccc(F)c(F)c3)CCN2C1=O. The van der Waals surface area contributed by atoms with E-state index < -0.39 is 23.7 Å². The number of amides is 2. The average molecular weight is 366 g/mol. The minimum atomic E-state index is -0.882. The molecule has 26 heavy (non-hydrogen) atoms. The second kappa shape index (κ2) is 8.09. The number of carbonyl (C=O) groups is 2. The normalized spacial score (nSPS) is 23.7. The molecule has 2 heterocycles. The number of halogens is 2. The van der Waals surface area contributed by atoms with Gasteiger partial charge in [0.15, 0.2) is 11.6 Å². The lowest BCUT2D eigenvalue weighted by Gasteiger charge is -2.45. The number of carbonyl (C=O) groups excluding carboxylic acids is 2. The Balaban J connectivity index is 1.61. The van der Waals surface area contributed by atoms with Crippen molar-refractivity contribution >= 4 is 11.8 Å². The number of hydrogen-bond acceptors (Lipinski definition) is 4. The van der Waals surface area contributed by atoms with Crippen LogP contribution in [0, 0.1) is 11.6 Å². The van der Waals surface area contributed by atoms with Gasteiger partial charge in [0.25, 0.3) is 0 Å². The van der Waals surface area contributed by atoms with Gasteiger partial charge in [-0.05, 0) is 43.5 Å². The summed E-state index contributed by atoms with van der Waals surface area (Å²) in [4.78, 5) is 28.7. The molecule has 0 aromatic heterocycles. The maximum Gasteiger partial charge on any atom is 0.245 e. The molecule has 1 aromatic rings. The Morgan fingerprint density at radius 2 is 1.96 bits per heavy atom. The first-order valence-electron chi connectivity index (χ1n) is 8.97. The first-order chi connectivity index (χ1) is 12.5. The number of piperazine rings is 2. The Hall–Kier alpha value is -2.06. The molecule has 2 aliphatic rings. The summed E-state index contributed by atoms with van der Waals surface area (Å²) in [6.45, 7) is 2.40. The van der Waals surface area contributed by atoms with E-state index in [-0.39, 0.29) is 11.8 Å². The fourth-order valence-corrected chi connectivity index (χ4v) is 3.59. The Morgan fingerprint density at radius 3 is 2.69 bits per heavy atom. The molecule has 3 N–H and O–H groups in total. The number of hydrogen-bond donors (Lipinski definition) is 2. The van der Waals surface area contributed by atoms with Crippen molar-refractivity contribution in [2.45, 2.75) is 37.9 Å². The number of nitrogens with zero attached hydrogens (tertiary/aromatic N) is 2. The third-order valence-corrected chi connectivity index (χ3v) is 5.00. The number of rotatable bonds is 6. The molecule has 2 amide bonds. The molecule has 8 heteroatoms. The van der Waals surface area contributed by atoms with Crippen molar-refractivity contribution in [2.24, 2.45) is 5.73 Å². The quantitative estimate of drug-likeness (QED) is 0.723. The molecule has 3 rings (SSSR count). The Labute approximate surface area is 151 Å². The van der Waals surface area contributed by atoms with E-state index in [1.165, 1.54) is 12.1 Å². The molecule has 0 bridgehead atoms. The fraction of sp³-hybridized carbons (Fsp3) is 0.556. The number of nitrogens with two attached hydrogens (primary N) is 1. The van der Waals surface area contributed by atoms with E-state index >= 15 is 0 Å². The van der Waals surface area contributed by atoms with Crippen LogP contribution in [0.4, 0.5) is 8.78 Å². The van der Waals surface area contributed by atoms with Gasteiger partial charge in [-0.3, -0.25) is 14.5 Å².